The molecule has 0 saturated heterocycles. The molecule has 1 heterocycles. The van der Waals surface area contributed by atoms with Crippen LogP contribution in [-0.4, -0.2) is 6.61 Å². The molecule has 0 amide bonds. The Labute approximate surface area is 92.3 Å². The topological polar surface area (TPSA) is 9.23 Å². The van der Waals surface area contributed by atoms with Crippen LogP contribution < -0.4 is 4.74 Å². The lowest BCUT2D eigenvalue weighted by Crippen LogP contribution is -1.94. The van der Waals surface area contributed by atoms with Crippen molar-refractivity contribution < 1.29 is 4.74 Å². The summed E-state index contributed by atoms with van der Waals surface area (Å²) in [5, 5.41) is 3.98. The molecule has 0 spiro atoms. The van der Waals surface area contributed by atoms with Crippen LogP contribution in [0.4, 0.5) is 0 Å². The summed E-state index contributed by atoms with van der Waals surface area (Å²) >= 11 is 7.92. The van der Waals surface area contributed by atoms with E-state index in [1.165, 1.54) is 4.70 Å². The summed E-state index contributed by atoms with van der Waals surface area (Å²) in [6, 6.07) is 4.11. The Morgan fingerprint density at radius 2 is 2.29 bits per heavy atom. The molecule has 0 aliphatic carbocycles. The number of ether oxygens (including phenoxy) is 1. The van der Waals surface area contributed by atoms with E-state index in [0.717, 1.165) is 21.7 Å². The van der Waals surface area contributed by atoms with Crippen molar-refractivity contribution in [1.29, 1.82) is 0 Å². The first kappa shape index (κ1) is 9.81. The molecule has 0 unspecified atom stereocenters. The minimum Gasteiger partial charge on any atom is -0.494 e. The van der Waals surface area contributed by atoms with Gasteiger partial charge in [-0.3, -0.25) is 0 Å². The molecule has 14 heavy (non-hydrogen) atoms. The Balaban J connectivity index is 2.67. The second-order valence-electron chi connectivity index (χ2n) is 3.08. The smallest absolute Gasteiger partial charge is 0.125 e. The molecular formula is C11H11ClOS. The molecule has 0 aliphatic heterocycles. The van der Waals surface area contributed by atoms with E-state index in [4.69, 9.17) is 16.3 Å². The molecule has 0 atom stereocenters. The molecule has 0 aliphatic rings. The lowest BCUT2D eigenvalue weighted by Gasteiger charge is -2.08. The Kier molecular flexibility index (Phi) is 2.66. The third-order valence-corrected chi connectivity index (χ3v) is 3.54. The lowest BCUT2D eigenvalue weighted by atomic mass is 10.1. The first-order chi connectivity index (χ1) is 6.74. The predicted octanol–water partition coefficient (Wildman–Crippen LogP) is 4.26. The summed E-state index contributed by atoms with van der Waals surface area (Å²) in [6.07, 6.45) is 0. The van der Waals surface area contributed by atoms with Gasteiger partial charge in [0.15, 0.2) is 0 Å². The van der Waals surface area contributed by atoms with Gasteiger partial charge in [0.2, 0.25) is 0 Å². The van der Waals surface area contributed by atoms with Gasteiger partial charge in [-0.2, -0.15) is 0 Å². The van der Waals surface area contributed by atoms with Gasteiger partial charge in [-0.25, -0.2) is 0 Å². The Hall–Kier alpha value is -0.730. The van der Waals surface area contributed by atoms with Crippen LogP contribution in [0.25, 0.3) is 10.1 Å². The van der Waals surface area contributed by atoms with E-state index in [1.807, 2.05) is 25.3 Å². The zero-order valence-electron chi connectivity index (χ0n) is 8.13. The van der Waals surface area contributed by atoms with Crippen molar-refractivity contribution >= 4 is 33.0 Å². The van der Waals surface area contributed by atoms with E-state index in [2.05, 4.69) is 6.07 Å². The van der Waals surface area contributed by atoms with Crippen LogP contribution in [-0.2, 0) is 0 Å². The van der Waals surface area contributed by atoms with Crippen LogP contribution in [0.2, 0.25) is 5.02 Å². The van der Waals surface area contributed by atoms with E-state index >= 15 is 0 Å². The van der Waals surface area contributed by atoms with Crippen LogP contribution in [0.5, 0.6) is 5.75 Å². The van der Waals surface area contributed by atoms with Crippen LogP contribution in [0.15, 0.2) is 17.5 Å². The minimum atomic E-state index is 0.675. The Morgan fingerprint density at radius 3 is 3.00 bits per heavy atom. The number of thiophene rings is 1. The molecule has 2 rings (SSSR count). The van der Waals surface area contributed by atoms with Crippen LogP contribution >= 0.6 is 22.9 Å². The highest BCUT2D eigenvalue weighted by Gasteiger charge is 2.09. The van der Waals surface area contributed by atoms with Crippen molar-refractivity contribution in [3.63, 3.8) is 0 Å². The van der Waals surface area contributed by atoms with Gasteiger partial charge in [0.25, 0.3) is 0 Å². The summed E-state index contributed by atoms with van der Waals surface area (Å²) in [4.78, 5) is 0. The number of rotatable bonds is 2. The maximum atomic E-state index is 6.23. The Bertz CT molecular complexity index is 462. The van der Waals surface area contributed by atoms with Gasteiger partial charge in [0, 0.05) is 15.6 Å². The van der Waals surface area contributed by atoms with Crippen molar-refractivity contribution in [2.24, 2.45) is 0 Å². The fraction of sp³-hybridized carbons (Fsp3) is 0.273. The van der Waals surface area contributed by atoms with Gasteiger partial charge in [-0.05, 0) is 31.4 Å². The predicted molar refractivity (Wildman–Crippen MR) is 62.7 cm³/mol. The van der Waals surface area contributed by atoms with E-state index in [-0.39, 0.29) is 0 Å². The number of hydrogen-bond acceptors (Lipinski definition) is 2. The molecule has 1 aromatic carbocycles. The number of benzene rings is 1. The van der Waals surface area contributed by atoms with Crippen molar-refractivity contribution in [2.75, 3.05) is 6.61 Å². The standard InChI is InChI=1S/C11H11ClOS/c1-3-13-9-6-10-8(4-5-14-10)11(12)7(9)2/h4-6H,3H2,1-2H3. The number of hydrogen-bond donors (Lipinski definition) is 0. The van der Waals surface area contributed by atoms with E-state index < -0.39 is 0 Å². The van der Waals surface area contributed by atoms with E-state index in [9.17, 15) is 0 Å². The van der Waals surface area contributed by atoms with E-state index in [0.29, 0.717) is 6.61 Å². The molecule has 1 aromatic heterocycles. The summed E-state index contributed by atoms with van der Waals surface area (Å²) in [5.41, 5.74) is 1.03. The van der Waals surface area contributed by atoms with Gasteiger partial charge >= 0.3 is 0 Å². The molecule has 3 heteroatoms. The van der Waals surface area contributed by atoms with Gasteiger partial charge < -0.3 is 4.74 Å². The fourth-order valence-electron chi connectivity index (χ4n) is 1.46. The monoisotopic (exact) mass is 226 g/mol. The third kappa shape index (κ3) is 1.49. The van der Waals surface area contributed by atoms with E-state index in [1.54, 1.807) is 11.3 Å². The van der Waals surface area contributed by atoms with Crippen molar-refractivity contribution in [3.8, 4) is 5.75 Å². The second kappa shape index (κ2) is 3.79. The van der Waals surface area contributed by atoms with Gasteiger partial charge in [0.05, 0.1) is 11.6 Å². The molecule has 2 aromatic rings. The maximum absolute atomic E-state index is 6.23. The average Bonchev–Trinajstić information content (AvgIpc) is 2.62. The molecule has 74 valence electrons. The second-order valence-corrected chi connectivity index (χ2v) is 4.40. The maximum Gasteiger partial charge on any atom is 0.125 e. The summed E-state index contributed by atoms with van der Waals surface area (Å²) in [7, 11) is 0. The summed E-state index contributed by atoms with van der Waals surface area (Å²) < 4.78 is 6.70. The zero-order chi connectivity index (χ0) is 10.1. The van der Waals surface area contributed by atoms with Crippen LogP contribution in [0.3, 0.4) is 0 Å². The van der Waals surface area contributed by atoms with Gasteiger partial charge in [-0.1, -0.05) is 11.6 Å². The Morgan fingerprint density at radius 1 is 1.50 bits per heavy atom. The highest BCUT2D eigenvalue weighted by Crippen LogP contribution is 2.36. The molecule has 1 nitrogen and oxygen atoms in total. The SMILES string of the molecule is CCOc1cc2sccc2c(Cl)c1C. The average molecular weight is 227 g/mol. The van der Waals surface area contributed by atoms with Crippen molar-refractivity contribution in [3.05, 3.63) is 28.1 Å². The number of fused-ring (bicyclic) bond motifs is 1. The minimum absolute atomic E-state index is 0.675. The van der Waals surface area contributed by atoms with Crippen LogP contribution in [0.1, 0.15) is 12.5 Å². The van der Waals surface area contributed by atoms with Crippen molar-refractivity contribution in [1.82, 2.24) is 0 Å². The third-order valence-electron chi connectivity index (χ3n) is 2.19. The molecular weight excluding hydrogens is 216 g/mol. The first-order valence-electron chi connectivity index (χ1n) is 4.53. The quantitative estimate of drug-likeness (QED) is 0.744. The number of halogens is 1. The molecule has 0 fully saturated rings. The summed E-state index contributed by atoms with van der Waals surface area (Å²) in [6.45, 7) is 4.64. The molecule has 0 saturated carbocycles. The molecule has 0 bridgehead atoms. The highest BCUT2D eigenvalue weighted by molar-refractivity contribution is 7.17. The first-order valence-corrected chi connectivity index (χ1v) is 5.79. The summed E-state index contributed by atoms with van der Waals surface area (Å²) in [5.74, 6) is 0.896. The molecule has 0 radical (unpaired) electrons. The zero-order valence-corrected chi connectivity index (χ0v) is 9.71. The fourth-order valence-corrected chi connectivity index (χ4v) is 2.59. The van der Waals surface area contributed by atoms with Crippen molar-refractivity contribution in [2.45, 2.75) is 13.8 Å². The van der Waals surface area contributed by atoms with Crippen LogP contribution in [0, 0.1) is 6.92 Å². The highest BCUT2D eigenvalue weighted by atomic mass is 35.5. The van der Waals surface area contributed by atoms with Gasteiger partial charge in [0.1, 0.15) is 5.75 Å². The van der Waals surface area contributed by atoms with Gasteiger partial charge in [-0.15, -0.1) is 11.3 Å². The normalized spacial score (nSPS) is 10.8. The lowest BCUT2D eigenvalue weighted by molar-refractivity contribution is 0.338. The molecule has 0 N–H and O–H groups in total. The largest absolute Gasteiger partial charge is 0.494 e.